The second-order valence-corrected chi connectivity index (χ2v) is 5.69. The van der Waals surface area contributed by atoms with Crippen molar-refractivity contribution in [3.05, 3.63) is 28.7 Å². The van der Waals surface area contributed by atoms with E-state index in [9.17, 15) is 0 Å². The predicted octanol–water partition coefficient (Wildman–Crippen LogP) is 1.37. The van der Waals surface area contributed by atoms with Crippen LogP contribution in [-0.4, -0.2) is 60.1 Å². The van der Waals surface area contributed by atoms with Crippen LogP contribution in [0.4, 0.5) is 5.69 Å². The molecule has 1 aliphatic heterocycles. The van der Waals surface area contributed by atoms with E-state index >= 15 is 0 Å². The number of benzene rings is 1. The fraction of sp³-hybridized carbons (Fsp3) is 0.364. The van der Waals surface area contributed by atoms with Gasteiger partial charge in [-0.25, -0.2) is 0 Å². The third-order valence-corrected chi connectivity index (χ3v) is 2.84. The van der Waals surface area contributed by atoms with E-state index in [0.717, 1.165) is 30.7 Å². The van der Waals surface area contributed by atoms with E-state index in [1.165, 1.54) is 5.69 Å². The van der Waals surface area contributed by atoms with Crippen molar-refractivity contribution in [2.24, 2.45) is 5.73 Å². The molecule has 0 aromatic heterocycles. The molecule has 1 aromatic rings. The standard InChI is InChI=1S/C10H13BrN2.CH3NS2.Na.H/c11-9-1-3-10(4-2-9)13-7-5-12-6-8-13;2-1(3)4;;/h1-4,12H,5-8H2;(H3,2,3,4);;. The van der Waals surface area contributed by atoms with Crippen molar-refractivity contribution in [1.82, 2.24) is 5.32 Å². The van der Waals surface area contributed by atoms with E-state index in [0.29, 0.717) is 0 Å². The van der Waals surface area contributed by atoms with Gasteiger partial charge < -0.3 is 16.0 Å². The van der Waals surface area contributed by atoms with Crippen molar-refractivity contribution in [2.45, 2.75) is 0 Å². The SMILES string of the molecule is Brc1ccc(N2CCNCC2)cc1.NC(=S)S.[NaH]. The second-order valence-electron chi connectivity index (χ2n) is 3.55. The van der Waals surface area contributed by atoms with E-state index in [4.69, 9.17) is 5.73 Å². The number of thiocarbonyl (C=S) groups is 1. The van der Waals surface area contributed by atoms with Gasteiger partial charge in [0.15, 0.2) is 0 Å². The number of piperazine rings is 1. The number of thiol groups is 1. The molecule has 0 bridgehead atoms. The summed E-state index contributed by atoms with van der Waals surface area (Å²) in [5.74, 6) is 0. The van der Waals surface area contributed by atoms with Gasteiger partial charge >= 0.3 is 29.6 Å². The number of halogens is 1. The monoisotopic (exact) mass is 357 g/mol. The first kappa shape index (κ1) is 18.7. The van der Waals surface area contributed by atoms with Gasteiger partial charge in [0.1, 0.15) is 4.32 Å². The van der Waals surface area contributed by atoms with Gasteiger partial charge in [-0.2, -0.15) is 0 Å². The van der Waals surface area contributed by atoms with Crippen LogP contribution in [0.1, 0.15) is 0 Å². The van der Waals surface area contributed by atoms with Gasteiger partial charge in [-0.1, -0.05) is 28.1 Å². The fourth-order valence-electron chi connectivity index (χ4n) is 1.57. The minimum atomic E-state index is 0. The minimum absolute atomic E-state index is 0. The van der Waals surface area contributed by atoms with E-state index in [1.807, 2.05) is 0 Å². The second kappa shape index (κ2) is 10.5. The van der Waals surface area contributed by atoms with Crippen molar-refractivity contribution in [3.8, 4) is 0 Å². The molecule has 0 radical (unpaired) electrons. The Bertz CT molecular complexity index is 352. The number of rotatable bonds is 1. The van der Waals surface area contributed by atoms with Crippen LogP contribution < -0.4 is 16.0 Å². The first-order chi connectivity index (χ1) is 8.09. The van der Waals surface area contributed by atoms with Gasteiger partial charge in [0, 0.05) is 36.3 Å². The van der Waals surface area contributed by atoms with Gasteiger partial charge in [0.25, 0.3) is 0 Å². The molecule has 0 spiro atoms. The number of nitrogens with zero attached hydrogens (tertiary/aromatic N) is 1. The summed E-state index contributed by atoms with van der Waals surface area (Å²) in [7, 11) is 0. The van der Waals surface area contributed by atoms with E-state index in [2.05, 4.69) is 75.3 Å². The molecule has 0 amide bonds. The summed E-state index contributed by atoms with van der Waals surface area (Å²) < 4.78 is 1.34. The van der Waals surface area contributed by atoms with Gasteiger partial charge in [-0.3, -0.25) is 0 Å². The number of anilines is 1. The summed E-state index contributed by atoms with van der Waals surface area (Å²) in [5.41, 5.74) is 6.03. The van der Waals surface area contributed by atoms with Crippen LogP contribution in [0, 0.1) is 0 Å². The van der Waals surface area contributed by atoms with Crippen molar-refractivity contribution in [3.63, 3.8) is 0 Å². The zero-order valence-electron chi connectivity index (χ0n) is 9.40. The topological polar surface area (TPSA) is 41.3 Å². The molecular formula is C11H17BrN3NaS2. The molecule has 0 saturated carbocycles. The molecule has 18 heavy (non-hydrogen) atoms. The number of nitrogens with one attached hydrogen (secondary N) is 1. The zero-order chi connectivity index (χ0) is 12.7. The van der Waals surface area contributed by atoms with Crippen LogP contribution >= 0.6 is 40.8 Å². The molecule has 0 aliphatic carbocycles. The van der Waals surface area contributed by atoms with Crippen molar-refractivity contribution >= 4 is 80.3 Å². The van der Waals surface area contributed by atoms with Gasteiger partial charge in [-0.05, 0) is 24.3 Å². The summed E-state index contributed by atoms with van der Waals surface area (Å²) in [6.07, 6.45) is 0. The molecule has 96 valence electrons. The van der Waals surface area contributed by atoms with Gasteiger partial charge in [0.05, 0.1) is 0 Å². The first-order valence-corrected chi connectivity index (χ1v) is 6.94. The molecule has 1 aliphatic rings. The Morgan fingerprint density at radius 3 is 2.17 bits per heavy atom. The predicted molar refractivity (Wildman–Crippen MR) is 92.1 cm³/mol. The van der Waals surface area contributed by atoms with Crippen LogP contribution in [-0.2, 0) is 0 Å². The zero-order valence-corrected chi connectivity index (χ0v) is 12.7. The van der Waals surface area contributed by atoms with Crippen LogP contribution in [0.5, 0.6) is 0 Å². The molecule has 2 rings (SSSR count). The molecular weight excluding hydrogens is 341 g/mol. The number of hydrogen-bond donors (Lipinski definition) is 3. The summed E-state index contributed by atoms with van der Waals surface area (Å²) in [4.78, 5) is 2.41. The van der Waals surface area contributed by atoms with Crippen LogP contribution in [0.15, 0.2) is 28.7 Å². The Hall–Kier alpha value is 0.700. The number of hydrogen-bond acceptors (Lipinski definition) is 3. The molecule has 7 heteroatoms. The summed E-state index contributed by atoms with van der Waals surface area (Å²) >= 11 is 11.1. The van der Waals surface area contributed by atoms with Crippen LogP contribution in [0.25, 0.3) is 0 Å². The van der Waals surface area contributed by atoms with E-state index in [-0.39, 0.29) is 33.9 Å². The molecule has 1 aromatic carbocycles. The van der Waals surface area contributed by atoms with E-state index < -0.39 is 0 Å². The molecule has 1 fully saturated rings. The van der Waals surface area contributed by atoms with Crippen LogP contribution in [0.3, 0.4) is 0 Å². The normalized spacial score (nSPS) is 14.0. The molecule has 3 nitrogen and oxygen atoms in total. The molecule has 3 N–H and O–H groups in total. The average molecular weight is 358 g/mol. The first-order valence-electron chi connectivity index (χ1n) is 5.29. The summed E-state index contributed by atoms with van der Waals surface area (Å²) in [6.45, 7) is 4.41. The quantitative estimate of drug-likeness (QED) is 0.403. The molecule has 1 heterocycles. The Morgan fingerprint density at radius 1 is 1.28 bits per heavy atom. The maximum atomic E-state index is 4.71. The Balaban J connectivity index is 0.000000512. The van der Waals surface area contributed by atoms with Crippen LogP contribution in [0.2, 0.25) is 0 Å². The number of nitrogens with two attached hydrogens (primary N) is 1. The van der Waals surface area contributed by atoms with Gasteiger partial charge in [0.2, 0.25) is 0 Å². The Kier molecular flexibility index (Phi) is 10.9. The maximum absolute atomic E-state index is 4.71. The fourth-order valence-corrected chi connectivity index (χ4v) is 1.84. The molecule has 0 unspecified atom stereocenters. The van der Waals surface area contributed by atoms with Crippen molar-refractivity contribution in [1.29, 1.82) is 0 Å². The van der Waals surface area contributed by atoms with Crippen molar-refractivity contribution in [2.75, 3.05) is 31.1 Å². The van der Waals surface area contributed by atoms with E-state index in [1.54, 1.807) is 0 Å². The third-order valence-electron chi connectivity index (χ3n) is 2.31. The van der Waals surface area contributed by atoms with Gasteiger partial charge in [-0.15, -0.1) is 12.6 Å². The Morgan fingerprint density at radius 2 is 1.72 bits per heavy atom. The average Bonchev–Trinajstić information content (AvgIpc) is 2.30. The van der Waals surface area contributed by atoms with Crippen molar-refractivity contribution < 1.29 is 0 Å². The summed E-state index contributed by atoms with van der Waals surface area (Å²) in [5, 5.41) is 3.34. The Labute approximate surface area is 150 Å². The molecule has 1 saturated heterocycles. The summed E-state index contributed by atoms with van der Waals surface area (Å²) in [6, 6.07) is 8.51. The third kappa shape index (κ3) is 7.99. The molecule has 0 atom stereocenters.